The second-order valence-electron chi connectivity index (χ2n) is 6.77. The van der Waals surface area contributed by atoms with E-state index in [1.165, 1.54) is 6.07 Å². The Morgan fingerprint density at radius 1 is 1.34 bits per heavy atom. The first-order valence-electron chi connectivity index (χ1n) is 9.17. The monoisotopic (exact) mass is 391 g/mol. The molecule has 1 aliphatic rings. The molecule has 0 saturated carbocycles. The van der Waals surface area contributed by atoms with Crippen LogP contribution in [0.3, 0.4) is 0 Å². The third kappa shape index (κ3) is 3.80. The highest BCUT2D eigenvalue weighted by Gasteiger charge is 2.25. The number of carbonyl (C=O) groups is 1. The van der Waals surface area contributed by atoms with Crippen molar-refractivity contribution in [3.63, 3.8) is 0 Å². The molecular formula is C21H18FN5O2. The van der Waals surface area contributed by atoms with Crippen LogP contribution >= 0.6 is 0 Å². The summed E-state index contributed by atoms with van der Waals surface area (Å²) in [5.74, 6) is -0.540. The smallest absolute Gasteiger partial charge is 0.251 e. The van der Waals surface area contributed by atoms with Crippen LogP contribution in [0.25, 0.3) is 11.3 Å². The predicted molar refractivity (Wildman–Crippen MR) is 103 cm³/mol. The highest BCUT2D eigenvalue weighted by molar-refractivity contribution is 5.94. The molecule has 0 fully saturated rings. The third-order valence-corrected chi connectivity index (χ3v) is 4.86. The summed E-state index contributed by atoms with van der Waals surface area (Å²) in [6.07, 6.45) is 3.25. The molecule has 7 nitrogen and oxygen atoms in total. The van der Waals surface area contributed by atoms with Crippen molar-refractivity contribution in [1.29, 1.82) is 5.26 Å². The van der Waals surface area contributed by atoms with Gasteiger partial charge >= 0.3 is 0 Å². The van der Waals surface area contributed by atoms with Gasteiger partial charge in [-0.2, -0.15) is 10.4 Å². The van der Waals surface area contributed by atoms with Crippen LogP contribution in [0.5, 0.6) is 5.88 Å². The fourth-order valence-electron chi connectivity index (χ4n) is 3.48. The van der Waals surface area contributed by atoms with Crippen molar-refractivity contribution in [2.45, 2.75) is 25.4 Å². The van der Waals surface area contributed by atoms with E-state index in [0.29, 0.717) is 5.88 Å². The molecule has 1 aromatic carbocycles. The molecule has 0 bridgehead atoms. The average molecular weight is 391 g/mol. The van der Waals surface area contributed by atoms with Gasteiger partial charge in [0.15, 0.2) is 0 Å². The van der Waals surface area contributed by atoms with Crippen molar-refractivity contribution in [2.75, 3.05) is 7.11 Å². The third-order valence-electron chi connectivity index (χ3n) is 4.86. The lowest BCUT2D eigenvalue weighted by Gasteiger charge is -2.24. The quantitative estimate of drug-likeness (QED) is 0.737. The number of aryl methyl sites for hydroxylation is 1. The van der Waals surface area contributed by atoms with Gasteiger partial charge < -0.3 is 10.1 Å². The van der Waals surface area contributed by atoms with Crippen LogP contribution in [-0.2, 0) is 6.54 Å². The summed E-state index contributed by atoms with van der Waals surface area (Å²) in [5, 5.41) is 16.6. The number of pyridine rings is 1. The van der Waals surface area contributed by atoms with Crippen LogP contribution in [0.1, 0.15) is 40.5 Å². The largest absolute Gasteiger partial charge is 0.481 e. The molecule has 1 atom stereocenters. The lowest BCUT2D eigenvalue weighted by atomic mass is 10.0. The molecule has 4 rings (SSSR count). The Kier molecular flexibility index (Phi) is 4.96. The zero-order valence-corrected chi connectivity index (χ0v) is 15.7. The fraction of sp³-hybridized carbons (Fsp3) is 0.238. The molecule has 0 radical (unpaired) electrons. The Bertz CT molecular complexity index is 1120. The number of amides is 1. The Balaban J connectivity index is 1.60. The van der Waals surface area contributed by atoms with Gasteiger partial charge in [0.05, 0.1) is 36.2 Å². The number of ether oxygens (including phenoxy) is 1. The number of rotatable bonds is 4. The number of fused-ring (bicyclic) bond motifs is 1. The summed E-state index contributed by atoms with van der Waals surface area (Å²) in [6.45, 7) is 0.752. The van der Waals surface area contributed by atoms with Gasteiger partial charge in [0.2, 0.25) is 5.88 Å². The minimum Gasteiger partial charge on any atom is -0.481 e. The molecule has 8 heteroatoms. The molecule has 146 valence electrons. The van der Waals surface area contributed by atoms with E-state index >= 15 is 0 Å². The summed E-state index contributed by atoms with van der Waals surface area (Å²) >= 11 is 0. The zero-order chi connectivity index (χ0) is 20.4. The first-order valence-corrected chi connectivity index (χ1v) is 9.17. The summed E-state index contributed by atoms with van der Waals surface area (Å²) in [7, 11) is 1.56. The molecule has 1 N–H and O–H groups in total. The van der Waals surface area contributed by atoms with Crippen LogP contribution in [0.4, 0.5) is 4.39 Å². The summed E-state index contributed by atoms with van der Waals surface area (Å²) in [6, 6.07) is 10.8. The maximum atomic E-state index is 13.7. The number of hydrogen-bond donors (Lipinski definition) is 1. The molecule has 29 heavy (non-hydrogen) atoms. The molecular weight excluding hydrogens is 373 g/mol. The number of nitrogens with one attached hydrogen (secondary N) is 1. The predicted octanol–water partition coefficient (Wildman–Crippen LogP) is 3.23. The lowest BCUT2D eigenvalue weighted by Crippen LogP contribution is -2.32. The van der Waals surface area contributed by atoms with Gasteiger partial charge in [-0.1, -0.05) is 0 Å². The van der Waals surface area contributed by atoms with Crippen LogP contribution in [0.15, 0.2) is 42.6 Å². The maximum absolute atomic E-state index is 13.7. The summed E-state index contributed by atoms with van der Waals surface area (Å²) in [5.41, 5.74) is 2.74. The Labute approximate surface area is 166 Å². The van der Waals surface area contributed by atoms with E-state index in [0.717, 1.165) is 48.5 Å². The van der Waals surface area contributed by atoms with E-state index in [2.05, 4.69) is 15.4 Å². The van der Waals surface area contributed by atoms with E-state index < -0.39 is 11.7 Å². The highest BCUT2D eigenvalue weighted by Crippen LogP contribution is 2.30. The van der Waals surface area contributed by atoms with E-state index in [9.17, 15) is 9.18 Å². The number of nitrogens with zero attached hydrogens (tertiary/aromatic N) is 4. The first kappa shape index (κ1) is 18.6. The number of halogens is 1. The van der Waals surface area contributed by atoms with Crippen molar-refractivity contribution >= 4 is 5.91 Å². The molecule has 0 aliphatic carbocycles. The highest BCUT2D eigenvalue weighted by atomic mass is 19.1. The Morgan fingerprint density at radius 3 is 3.00 bits per heavy atom. The van der Waals surface area contributed by atoms with Gasteiger partial charge in [0.1, 0.15) is 5.82 Å². The van der Waals surface area contributed by atoms with Crippen molar-refractivity contribution in [2.24, 2.45) is 0 Å². The van der Waals surface area contributed by atoms with Gasteiger partial charge in [-0.15, -0.1) is 0 Å². The average Bonchev–Trinajstić information content (AvgIpc) is 3.18. The van der Waals surface area contributed by atoms with E-state index in [-0.39, 0.29) is 17.2 Å². The van der Waals surface area contributed by atoms with Gasteiger partial charge in [-0.3, -0.25) is 9.48 Å². The standard InChI is InChI=1S/C21H18FN5O2/c1-29-20-10-14(4-5-24-20)18-11-19-17(3-2-6-27(19)26-18)25-21(28)15-7-13(12-23)8-16(22)9-15/h4-5,7-11,17H,2-3,6H2,1H3,(H,25,28). The summed E-state index contributed by atoms with van der Waals surface area (Å²) in [4.78, 5) is 16.8. The van der Waals surface area contributed by atoms with Crippen LogP contribution in [0, 0.1) is 17.1 Å². The summed E-state index contributed by atoms with van der Waals surface area (Å²) < 4.78 is 20.7. The van der Waals surface area contributed by atoms with Crippen molar-refractivity contribution in [3.8, 4) is 23.2 Å². The number of benzene rings is 1. The first-order chi connectivity index (χ1) is 14.1. The van der Waals surface area contributed by atoms with Crippen LogP contribution in [-0.4, -0.2) is 27.8 Å². The van der Waals surface area contributed by atoms with Crippen molar-refractivity contribution in [3.05, 3.63) is 65.2 Å². The van der Waals surface area contributed by atoms with E-state index in [1.54, 1.807) is 19.4 Å². The lowest BCUT2D eigenvalue weighted by molar-refractivity contribution is 0.0928. The topological polar surface area (TPSA) is 92.8 Å². The second kappa shape index (κ2) is 7.72. The number of hydrogen-bond acceptors (Lipinski definition) is 5. The maximum Gasteiger partial charge on any atom is 0.251 e. The number of carbonyl (C=O) groups excluding carboxylic acids is 1. The molecule has 0 spiro atoms. The second-order valence-corrected chi connectivity index (χ2v) is 6.77. The molecule has 0 saturated heterocycles. The minimum atomic E-state index is -0.614. The number of aromatic nitrogens is 3. The van der Waals surface area contributed by atoms with Crippen molar-refractivity contribution in [1.82, 2.24) is 20.1 Å². The Hall–Kier alpha value is -3.73. The fourth-order valence-corrected chi connectivity index (χ4v) is 3.48. The molecule has 1 amide bonds. The van der Waals surface area contributed by atoms with E-state index in [1.807, 2.05) is 22.9 Å². The van der Waals surface area contributed by atoms with Gasteiger partial charge in [0, 0.05) is 29.9 Å². The van der Waals surface area contributed by atoms with Crippen LogP contribution < -0.4 is 10.1 Å². The normalized spacial score (nSPS) is 15.3. The van der Waals surface area contributed by atoms with Gasteiger partial charge in [-0.25, -0.2) is 9.37 Å². The van der Waals surface area contributed by atoms with Crippen molar-refractivity contribution < 1.29 is 13.9 Å². The SMILES string of the molecule is COc1cc(-c2cc3n(n2)CCCC3NC(=O)c2cc(F)cc(C#N)c2)ccn1. The molecule has 3 aromatic rings. The van der Waals surface area contributed by atoms with Gasteiger partial charge in [-0.05, 0) is 43.2 Å². The molecule has 1 aliphatic heterocycles. The van der Waals surface area contributed by atoms with Gasteiger partial charge in [0.25, 0.3) is 5.91 Å². The molecule has 1 unspecified atom stereocenters. The Morgan fingerprint density at radius 2 is 2.21 bits per heavy atom. The van der Waals surface area contributed by atoms with Crippen LogP contribution in [0.2, 0.25) is 0 Å². The molecule has 3 heterocycles. The number of methoxy groups -OCH3 is 1. The van der Waals surface area contributed by atoms with E-state index in [4.69, 9.17) is 10.00 Å². The zero-order valence-electron chi connectivity index (χ0n) is 15.7. The number of nitriles is 1. The minimum absolute atomic E-state index is 0.109. The molecule has 2 aromatic heterocycles.